The lowest BCUT2D eigenvalue weighted by Crippen LogP contribution is -2.39. The molecule has 4 heteroatoms. The average molecular weight is 235 g/mol. The van der Waals surface area contributed by atoms with Crippen LogP contribution in [0.1, 0.15) is 20.3 Å². The normalized spacial score (nSPS) is 14.8. The molecular weight excluding hydrogens is 218 g/mol. The van der Waals surface area contributed by atoms with Crippen molar-refractivity contribution in [3.8, 4) is 11.5 Å². The van der Waals surface area contributed by atoms with E-state index in [-0.39, 0.29) is 18.3 Å². The predicted molar refractivity (Wildman–Crippen MR) is 65.4 cm³/mol. The zero-order chi connectivity index (χ0) is 12.4. The molecule has 0 radical (unpaired) electrons. The summed E-state index contributed by atoms with van der Waals surface area (Å²) >= 11 is 0. The maximum Gasteiger partial charge on any atom is 0.265 e. The highest BCUT2D eigenvalue weighted by atomic mass is 16.5. The van der Waals surface area contributed by atoms with Gasteiger partial charge in [-0.05, 0) is 24.5 Å². The number of anilines is 1. The second-order valence-corrected chi connectivity index (χ2v) is 4.67. The van der Waals surface area contributed by atoms with E-state index in [2.05, 4.69) is 13.8 Å². The summed E-state index contributed by atoms with van der Waals surface area (Å²) in [6, 6.07) is 4.83. The summed E-state index contributed by atoms with van der Waals surface area (Å²) < 4.78 is 5.33. The smallest absolute Gasteiger partial charge is 0.265 e. The van der Waals surface area contributed by atoms with Crippen LogP contribution in [0.4, 0.5) is 5.69 Å². The monoisotopic (exact) mass is 235 g/mol. The number of fused-ring (bicyclic) bond motifs is 1. The van der Waals surface area contributed by atoms with Crippen molar-refractivity contribution >= 4 is 11.6 Å². The molecule has 1 N–H and O–H groups in total. The second kappa shape index (κ2) is 4.65. The van der Waals surface area contributed by atoms with Crippen molar-refractivity contribution in [2.75, 3.05) is 18.1 Å². The summed E-state index contributed by atoms with van der Waals surface area (Å²) in [5.74, 6) is 1.29. The number of carbonyl (C=O) groups excluding carboxylic acids is 1. The number of ether oxygens (including phenoxy) is 1. The van der Waals surface area contributed by atoms with Crippen LogP contribution in [0.5, 0.6) is 11.5 Å². The van der Waals surface area contributed by atoms with Gasteiger partial charge in [-0.1, -0.05) is 13.8 Å². The van der Waals surface area contributed by atoms with E-state index in [0.29, 0.717) is 23.9 Å². The van der Waals surface area contributed by atoms with E-state index in [1.807, 2.05) is 0 Å². The van der Waals surface area contributed by atoms with Crippen molar-refractivity contribution in [2.45, 2.75) is 20.3 Å². The fourth-order valence-corrected chi connectivity index (χ4v) is 1.82. The molecule has 1 aliphatic rings. The summed E-state index contributed by atoms with van der Waals surface area (Å²) in [5.41, 5.74) is 0.668. The molecule has 0 fully saturated rings. The summed E-state index contributed by atoms with van der Waals surface area (Å²) in [5, 5.41) is 9.48. The number of rotatable bonds is 3. The molecule has 1 aromatic carbocycles. The molecule has 1 heterocycles. The Balaban J connectivity index is 2.26. The van der Waals surface area contributed by atoms with Crippen molar-refractivity contribution < 1.29 is 14.6 Å². The Bertz CT molecular complexity index is 429. The van der Waals surface area contributed by atoms with Gasteiger partial charge in [0.15, 0.2) is 6.61 Å². The minimum absolute atomic E-state index is 0.0521. The van der Waals surface area contributed by atoms with E-state index >= 15 is 0 Å². The summed E-state index contributed by atoms with van der Waals surface area (Å²) in [6.45, 7) is 4.98. The number of hydrogen-bond donors (Lipinski definition) is 1. The van der Waals surface area contributed by atoms with Gasteiger partial charge in [0.25, 0.3) is 5.91 Å². The fraction of sp³-hybridized carbons (Fsp3) is 0.462. The van der Waals surface area contributed by atoms with E-state index in [9.17, 15) is 9.90 Å². The van der Waals surface area contributed by atoms with Gasteiger partial charge in [-0.25, -0.2) is 0 Å². The summed E-state index contributed by atoms with van der Waals surface area (Å²) in [6.07, 6.45) is 0.931. The summed E-state index contributed by atoms with van der Waals surface area (Å²) in [4.78, 5) is 13.5. The molecule has 2 rings (SSSR count). The first-order valence-corrected chi connectivity index (χ1v) is 5.84. The predicted octanol–water partition coefficient (Wildman–Crippen LogP) is 2.16. The third-order valence-electron chi connectivity index (χ3n) is 2.82. The molecule has 92 valence electrons. The van der Waals surface area contributed by atoms with Crippen molar-refractivity contribution in [1.82, 2.24) is 0 Å². The Hall–Kier alpha value is -1.71. The molecule has 1 aliphatic heterocycles. The van der Waals surface area contributed by atoms with Crippen LogP contribution in [0.2, 0.25) is 0 Å². The number of hydrogen-bond acceptors (Lipinski definition) is 3. The molecule has 4 nitrogen and oxygen atoms in total. The minimum Gasteiger partial charge on any atom is -0.508 e. The number of aromatic hydroxyl groups is 1. The number of nitrogens with zero attached hydrogens (tertiary/aromatic N) is 1. The van der Waals surface area contributed by atoms with Gasteiger partial charge in [-0.15, -0.1) is 0 Å². The highest BCUT2D eigenvalue weighted by molar-refractivity contribution is 5.98. The van der Waals surface area contributed by atoms with Crippen LogP contribution in [0.3, 0.4) is 0 Å². The molecule has 0 atom stereocenters. The molecule has 0 bridgehead atoms. The van der Waals surface area contributed by atoms with Gasteiger partial charge in [0.1, 0.15) is 11.5 Å². The third-order valence-corrected chi connectivity index (χ3v) is 2.82. The van der Waals surface area contributed by atoms with E-state index in [0.717, 1.165) is 6.42 Å². The maximum atomic E-state index is 11.8. The van der Waals surface area contributed by atoms with Crippen molar-refractivity contribution in [2.24, 2.45) is 5.92 Å². The van der Waals surface area contributed by atoms with E-state index < -0.39 is 0 Å². The first-order chi connectivity index (χ1) is 8.08. The van der Waals surface area contributed by atoms with Gasteiger partial charge in [0.2, 0.25) is 0 Å². The fourth-order valence-electron chi connectivity index (χ4n) is 1.82. The second-order valence-electron chi connectivity index (χ2n) is 4.67. The van der Waals surface area contributed by atoms with Gasteiger partial charge in [-0.2, -0.15) is 0 Å². The zero-order valence-electron chi connectivity index (χ0n) is 10.1. The Morgan fingerprint density at radius 3 is 2.94 bits per heavy atom. The zero-order valence-corrected chi connectivity index (χ0v) is 10.1. The molecule has 0 aromatic heterocycles. The lowest BCUT2D eigenvalue weighted by Gasteiger charge is -2.29. The number of benzene rings is 1. The maximum absolute atomic E-state index is 11.8. The van der Waals surface area contributed by atoms with Crippen LogP contribution in [0.25, 0.3) is 0 Å². The molecule has 0 saturated heterocycles. The van der Waals surface area contributed by atoms with E-state index in [1.165, 1.54) is 0 Å². The molecule has 0 spiro atoms. The van der Waals surface area contributed by atoms with E-state index in [4.69, 9.17) is 4.74 Å². The highest BCUT2D eigenvalue weighted by Crippen LogP contribution is 2.35. The van der Waals surface area contributed by atoms with Crippen molar-refractivity contribution in [1.29, 1.82) is 0 Å². The Morgan fingerprint density at radius 1 is 1.47 bits per heavy atom. The van der Waals surface area contributed by atoms with Crippen LogP contribution in [0.15, 0.2) is 18.2 Å². The molecule has 17 heavy (non-hydrogen) atoms. The van der Waals surface area contributed by atoms with Crippen LogP contribution in [-0.4, -0.2) is 24.2 Å². The first-order valence-electron chi connectivity index (χ1n) is 5.84. The van der Waals surface area contributed by atoms with Crippen LogP contribution in [0, 0.1) is 5.92 Å². The number of amides is 1. The first kappa shape index (κ1) is 11.8. The van der Waals surface area contributed by atoms with Gasteiger partial charge in [-0.3, -0.25) is 4.79 Å². The van der Waals surface area contributed by atoms with Gasteiger partial charge < -0.3 is 14.7 Å². The SMILES string of the molecule is CC(C)CCN1C(=O)COc2ccc(O)cc21. The Labute approximate surface area is 101 Å². The topological polar surface area (TPSA) is 49.8 Å². The Kier molecular flexibility index (Phi) is 3.22. The number of phenolic OH excluding ortho intramolecular Hbond substituents is 1. The molecule has 0 unspecified atom stereocenters. The lowest BCUT2D eigenvalue weighted by molar-refractivity contribution is -0.121. The minimum atomic E-state index is -0.0521. The van der Waals surface area contributed by atoms with Crippen LogP contribution >= 0.6 is 0 Å². The number of carbonyl (C=O) groups is 1. The van der Waals surface area contributed by atoms with Crippen LogP contribution in [-0.2, 0) is 4.79 Å². The third kappa shape index (κ3) is 2.52. The Morgan fingerprint density at radius 2 is 2.24 bits per heavy atom. The average Bonchev–Trinajstić information content (AvgIpc) is 2.27. The quantitative estimate of drug-likeness (QED) is 0.873. The van der Waals surface area contributed by atoms with Gasteiger partial charge in [0.05, 0.1) is 5.69 Å². The van der Waals surface area contributed by atoms with Crippen molar-refractivity contribution in [3.63, 3.8) is 0 Å². The molecule has 0 aliphatic carbocycles. The van der Waals surface area contributed by atoms with Gasteiger partial charge in [0, 0.05) is 12.6 Å². The summed E-state index contributed by atoms with van der Waals surface area (Å²) in [7, 11) is 0. The van der Waals surface area contributed by atoms with E-state index in [1.54, 1.807) is 23.1 Å². The lowest BCUT2D eigenvalue weighted by atomic mass is 10.1. The molecule has 1 amide bonds. The largest absolute Gasteiger partial charge is 0.508 e. The molecule has 1 aromatic rings. The van der Waals surface area contributed by atoms with Gasteiger partial charge >= 0.3 is 0 Å². The van der Waals surface area contributed by atoms with Crippen LogP contribution < -0.4 is 9.64 Å². The highest BCUT2D eigenvalue weighted by Gasteiger charge is 2.25. The molecule has 0 saturated carbocycles. The molecular formula is C13H17NO3. The number of phenols is 1. The van der Waals surface area contributed by atoms with Crippen molar-refractivity contribution in [3.05, 3.63) is 18.2 Å². The standard InChI is InChI=1S/C13H17NO3/c1-9(2)5-6-14-11-7-10(15)3-4-12(11)17-8-13(14)16/h3-4,7,9,15H,5-6,8H2,1-2H3.